The van der Waals surface area contributed by atoms with E-state index in [1.807, 2.05) is 6.07 Å². The number of carbonyl (C=O) groups is 2. The summed E-state index contributed by atoms with van der Waals surface area (Å²) in [6.45, 7) is 0. The first-order valence-electron chi connectivity index (χ1n) is 9.53. The van der Waals surface area contributed by atoms with Crippen molar-refractivity contribution in [1.29, 1.82) is 0 Å². The summed E-state index contributed by atoms with van der Waals surface area (Å²) in [6, 6.07) is 7.05. The monoisotopic (exact) mass is 409 g/mol. The Morgan fingerprint density at radius 3 is 2.59 bits per heavy atom. The minimum atomic E-state index is -0.161. The van der Waals surface area contributed by atoms with Crippen LogP contribution in [-0.4, -0.2) is 32.8 Å². The molecule has 1 fully saturated rings. The van der Waals surface area contributed by atoms with E-state index in [0.29, 0.717) is 40.1 Å². The van der Waals surface area contributed by atoms with E-state index in [9.17, 15) is 9.59 Å². The van der Waals surface area contributed by atoms with Gasteiger partial charge in [-0.05, 0) is 43.9 Å². The normalized spacial score (nSPS) is 18.9. The number of para-hydroxylation sites is 1. The minimum Gasteiger partial charge on any atom is -0.349 e. The summed E-state index contributed by atoms with van der Waals surface area (Å²) in [5.41, 5.74) is 2.32. The van der Waals surface area contributed by atoms with E-state index in [2.05, 4.69) is 25.6 Å². The van der Waals surface area contributed by atoms with Crippen LogP contribution in [0, 0.1) is 5.92 Å². The highest BCUT2D eigenvalue weighted by molar-refractivity contribution is 6.33. The molecule has 29 heavy (non-hydrogen) atoms. The zero-order chi connectivity index (χ0) is 20.2. The zero-order valence-electron chi connectivity index (χ0n) is 15.6. The summed E-state index contributed by atoms with van der Waals surface area (Å²) in [6.07, 6.45) is 9.18. The lowest BCUT2D eigenvalue weighted by Gasteiger charge is -2.28. The Hall–Kier alpha value is -3.06. The van der Waals surface area contributed by atoms with Crippen molar-refractivity contribution < 1.29 is 9.59 Å². The van der Waals surface area contributed by atoms with E-state index in [1.54, 1.807) is 43.0 Å². The zero-order valence-corrected chi connectivity index (χ0v) is 16.4. The predicted molar refractivity (Wildman–Crippen MR) is 111 cm³/mol. The van der Waals surface area contributed by atoms with Crippen molar-refractivity contribution in [3.63, 3.8) is 0 Å². The van der Waals surface area contributed by atoms with Gasteiger partial charge in [0.15, 0.2) is 0 Å². The van der Waals surface area contributed by atoms with Gasteiger partial charge in [-0.1, -0.05) is 17.7 Å². The molecule has 0 spiro atoms. The molecule has 1 saturated carbocycles. The van der Waals surface area contributed by atoms with E-state index in [1.165, 1.54) is 0 Å². The van der Waals surface area contributed by atoms with Gasteiger partial charge < -0.3 is 10.6 Å². The topological polar surface area (TPSA) is 96.9 Å². The summed E-state index contributed by atoms with van der Waals surface area (Å²) >= 11 is 6.08. The summed E-state index contributed by atoms with van der Waals surface area (Å²) in [5.74, 6) is -0.331. The molecule has 1 aromatic carbocycles. The molecule has 8 heteroatoms. The third kappa shape index (κ3) is 4.35. The van der Waals surface area contributed by atoms with Crippen molar-refractivity contribution in [2.75, 3.05) is 5.32 Å². The van der Waals surface area contributed by atoms with Crippen LogP contribution >= 0.6 is 11.6 Å². The van der Waals surface area contributed by atoms with Gasteiger partial charge in [-0.25, -0.2) is 0 Å². The summed E-state index contributed by atoms with van der Waals surface area (Å²) in [7, 11) is 0. The molecule has 148 valence electrons. The molecule has 0 unspecified atom stereocenters. The average molecular weight is 410 g/mol. The summed E-state index contributed by atoms with van der Waals surface area (Å²) in [5, 5.41) is 6.39. The molecule has 2 aromatic heterocycles. The van der Waals surface area contributed by atoms with Gasteiger partial charge in [0, 0.05) is 30.6 Å². The number of carbonyl (C=O) groups excluding carboxylic acids is 2. The van der Waals surface area contributed by atoms with Crippen LogP contribution in [0.2, 0.25) is 5.02 Å². The van der Waals surface area contributed by atoms with Crippen molar-refractivity contribution in [2.24, 2.45) is 5.92 Å². The van der Waals surface area contributed by atoms with Gasteiger partial charge in [-0.15, -0.1) is 0 Å². The number of amides is 2. The summed E-state index contributed by atoms with van der Waals surface area (Å²) < 4.78 is 0. The van der Waals surface area contributed by atoms with Crippen molar-refractivity contribution >= 4 is 40.1 Å². The Kier molecular flexibility index (Phi) is 5.67. The van der Waals surface area contributed by atoms with Gasteiger partial charge in [0.05, 0.1) is 28.0 Å². The lowest BCUT2D eigenvalue weighted by Crippen LogP contribution is -2.39. The number of anilines is 1. The Labute approximate surface area is 172 Å². The molecule has 3 aromatic rings. The van der Waals surface area contributed by atoms with Gasteiger partial charge in [0.25, 0.3) is 5.91 Å². The number of fused-ring (bicyclic) bond motifs is 1. The lowest BCUT2D eigenvalue weighted by atomic mass is 9.85. The Morgan fingerprint density at radius 2 is 1.79 bits per heavy atom. The van der Waals surface area contributed by atoms with Crippen molar-refractivity contribution in [3.8, 4) is 0 Å². The van der Waals surface area contributed by atoms with Gasteiger partial charge >= 0.3 is 0 Å². The Morgan fingerprint density at radius 1 is 1.00 bits per heavy atom. The maximum absolute atomic E-state index is 12.7. The third-order valence-electron chi connectivity index (χ3n) is 5.20. The largest absolute Gasteiger partial charge is 0.349 e. The number of nitrogens with one attached hydrogen (secondary N) is 2. The highest BCUT2D eigenvalue weighted by Crippen LogP contribution is 2.27. The van der Waals surface area contributed by atoms with Crippen LogP contribution in [0.3, 0.4) is 0 Å². The molecule has 1 aliphatic rings. The number of halogens is 1. The van der Waals surface area contributed by atoms with E-state index >= 15 is 0 Å². The molecule has 0 bridgehead atoms. The number of benzene rings is 1. The smallest absolute Gasteiger partial charge is 0.253 e. The number of rotatable bonds is 4. The molecule has 7 nitrogen and oxygen atoms in total. The first-order valence-corrected chi connectivity index (χ1v) is 9.90. The van der Waals surface area contributed by atoms with Crippen molar-refractivity contribution in [2.45, 2.75) is 31.7 Å². The molecule has 0 saturated heterocycles. The first kappa shape index (κ1) is 19.3. The van der Waals surface area contributed by atoms with Crippen LogP contribution < -0.4 is 10.6 Å². The lowest BCUT2D eigenvalue weighted by molar-refractivity contribution is -0.120. The second kappa shape index (κ2) is 8.53. The van der Waals surface area contributed by atoms with E-state index in [0.717, 1.165) is 12.8 Å². The molecule has 1 aliphatic carbocycles. The quantitative estimate of drug-likeness (QED) is 0.686. The molecule has 0 aliphatic heterocycles. The number of pyridine rings is 1. The number of nitrogens with zero attached hydrogens (tertiary/aromatic N) is 3. The molecule has 0 atom stereocenters. The Balaban J connectivity index is 1.34. The van der Waals surface area contributed by atoms with Crippen LogP contribution in [0.4, 0.5) is 5.69 Å². The molecular formula is C21H20ClN5O2. The average Bonchev–Trinajstić information content (AvgIpc) is 2.75. The van der Waals surface area contributed by atoms with Crippen LogP contribution in [0.15, 0.2) is 49.1 Å². The predicted octanol–water partition coefficient (Wildman–Crippen LogP) is 3.61. The van der Waals surface area contributed by atoms with E-state index in [-0.39, 0.29) is 23.8 Å². The van der Waals surface area contributed by atoms with Gasteiger partial charge in [-0.2, -0.15) is 0 Å². The fourth-order valence-electron chi connectivity index (χ4n) is 3.64. The molecule has 2 N–H and O–H groups in total. The van der Waals surface area contributed by atoms with Gasteiger partial charge in [0.2, 0.25) is 5.91 Å². The summed E-state index contributed by atoms with van der Waals surface area (Å²) in [4.78, 5) is 37.8. The van der Waals surface area contributed by atoms with Crippen LogP contribution in [-0.2, 0) is 4.79 Å². The van der Waals surface area contributed by atoms with Gasteiger partial charge in [-0.3, -0.25) is 24.5 Å². The first-order chi connectivity index (χ1) is 14.1. The minimum absolute atomic E-state index is 0.0282. The maximum Gasteiger partial charge on any atom is 0.253 e. The highest BCUT2D eigenvalue weighted by atomic mass is 35.5. The second-order valence-corrected chi connectivity index (χ2v) is 7.50. The van der Waals surface area contributed by atoms with Crippen molar-refractivity contribution in [1.82, 2.24) is 20.3 Å². The highest BCUT2D eigenvalue weighted by Gasteiger charge is 2.28. The van der Waals surface area contributed by atoms with Gasteiger partial charge in [0.1, 0.15) is 5.52 Å². The third-order valence-corrected chi connectivity index (χ3v) is 5.53. The molecular weight excluding hydrogens is 390 g/mol. The maximum atomic E-state index is 12.7. The van der Waals surface area contributed by atoms with E-state index in [4.69, 9.17) is 11.6 Å². The van der Waals surface area contributed by atoms with Crippen molar-refractivity contribution in [3.05, 3.63) is 59.6 Å². The number of hydrogen-bond acceptors (Lipinski definition) is 5. The van der Waals surface area contributed by atoms with Crippen LogP contribution in [0.5, 0.6) is 0 Å². The fraction of sp³-hybridized carbons (Fsp3) is 0.286. The Bertz CT molecular complexity index is 1040. The molecule has 0 radical (unpaired) electrons. The number of hydrogen-bond donors (Lipinski definition) is 2. The second-order valence-electron chi connectivity index (χ2n) is 7.10. The fourth-order valence-corrected chi connectivity index (χ4v) is 3.80. The molecule has 4 rings (SSSR count). The van der Waals surface area contributed by atoms with E-state index < -0.39 is 0 Å². The van der Waals surface area contributed by atoms with Crippen LogP contribution in [0.25, 0.3) is 11.0 Å². The SMILES string of the molecule is O=C(NC1CCC(C(=O)Nc2cnccc2Cl)CC1)c1cccc2nccnc12. The molecule has 2 heterocycles. The number of aromatic nitrogens is 3. The van der Waals surface area contributed by atoms with Crippen LogP contribution in [0.1, 0.15) is 36.0 Å². The standard InChI is InChI=1S/C21H20ClN5O2/c22-16-8-9-23-12-18(16)27-20(28)13-4-6-14(7-5-13)26-21(29)15-2-1-3-17-19(15)25-11-10-24-17/h1-3,8-14H,4-7H2,(H,26,29)(H,27,28). The molecule has 2 amide bonds.